The molecule has 12 heteroatoms. The molecule has 0 saturated heterocycles. The Morgan fingerprint density at radius 2 is 1.76 bits per heavy atom. The maximum absolute atomic E-state index is 12.4. The number of benzene rings is 2. The van der Waals surface area contributed by atoms with Gasteiger partial charge in [-0.2, -0.15) is 4.98 Å². The number of fused-ring (bicyclic) bond motifs is 1. The molecule has 1 atom stereocenters. The van der Waals surface area contributed by atoms with Crippen LogP contribution in [0, 0.1) is 0 Å². The number of amides is 2. The second kappa shape index (κ2) is 10.3. The van der Waals surface area contributed by atoms with Gasteiger partial charge in [-0.05, 0) is 42.3 Å². The van der Waals surface area contributed by atoms with Crippen LogP contribution in [-0.4, -0.2) is 50.5 Å². The smallest absolute Gasteiger partial charge is 0.326 e. The minimum absolute atomic E-state index is 0.0469. The lowest BCUT2D eigenvalue weighted by Crippen LogP contribution is -2.41. The van der Waals surface area contributed by atoms with E-state index in [0.29, 0.717) is 28.6 Å². The quantitative estimate of drug-likeness (QED) is 0.268. The van der Waals surface area contributed by atoms with E-state index in [1.54, 1.807) is 30.3 Å². The highest BCUT2D eigenvalue weighted by Crippen LogP contribution is 2.25. The highest BCUT2D eigenvalue weighted by Gasteiger charge is 2.21. The van der Waals surface area contributed by atoms with Crippen molar-refractivity contribution in [3.05, 3.63) is 53.6 Å². The zero-order valence-corrected chi connectivity index (χ0v) is 17.8. The number of carbonyl (C=O) groups excluding carboxylic acids is 2. The number of carbonyl (C=O) groups is 4. The summed E-state index contributed by atoms with van der Waals surface area (Å²) < 4.78 is 0. The Bertz CT molecular complexity index is 1250. The molecule has 1 aromatic heterocycles. The average Bonchev–Trinajstić information content (AvgIpc) is 2.80. The standard InChI is InChI=1S/C22H22N6O6/c23-19-15-9-14(5-6-16(15)26-22(24)27-19)28(11-29)10-12-1-3-13(4-2-12)20(32)25-17(21(33)34)7-8-18(30)31/h1-6,9,11,17H,7-8,10H2,(H,25,32)(H,30,31)(H,33,34)(H4,23,24,26,27)/t17-/m0/s1. The van der Waals surface area contributed by atoms with Crippen molar-refractivity contribution in [3.8, 4) is 0 Å². The minimum Gasteiger partial charge on any atom is -0.481 e. The van der Waals surface area contributed by atoms with Crippen molar-refractivity contribution in [2.75, 3.05) is 16.4 Å². The van der Waals surface area contributed by atoms with Crippen LogP contribution in [0.25, 0.3) is 10.9 Å². The van der Waals surface area contributed by atoms with Gasteiger partial charge >= 0.3 is 11.9 Å². The zero-order chi connectivity index (χ0) is 24.8. The number of aliphatic carboxylic acids is 2. The molecule has 0 bridgehead atoms. The first-order chi connectivity index (χ1) is 16.2. The Kier molecular flexibility index (Phi) is 7.21. The van der Waals surface area contributed by atoms with E-state index in [1.165, 1.54) is 17.0 Å². The molecular formula is C22H22N6O6. The monoisotopic (exact) mass is 466 g/mol. The molecule has 0 spiro atoms. The van der Waals surface area contributed by atoms with Gasteiger partial charge in [-0.25, -0.2) is 9.78 Å². The van der Waals surface area contributed by atoms with Gasteiger partial charge in [0, 0.05) is 23.1 Å². The van der Waals surface area contributed by atoms with Gasteiger partial charge in [0.2, 0.25) is 12.4 Å². The number of nitrogens with two attached hydrogens (primary N) is 2. The summed E-state index contributed by atoms with van der Waals surface area (Å²) in [7, 11) is 0. The number of carboxylic acid groups (broad SMARTS) is 2. The van der Waals surface area contributed by atoms with E-state index < -0.39 is 30.3 Å². The van der Waals surface area contributed by atoms with E-state index >= 15 is 0 Å². The molecule has 0 aliphatic carbocycles. The number of carboxylic acids is 2. The van der Waals surface area contributed by atoms with Gasteiger partial charge in [-0.3, -0.25) is 14.4 Å². The number of rotatable bonds is 10. The molecule has 1 heterocycles. The molecule has 0 radical (unpaired) electrons. The number of hydrogen-bond acceptors (Lipinski definition) is 8. The van der Waals surface area contributed by atoms with Crippen molar-refractivity contribution in [3.63, 3.8) is 0 Å². The lowest BCUT2D eigenvalue weighted by atomic mass is 10.1. The van der Waals surface area contributed by atoms with Crippen LogP contribution in [0.2, 0.25) is 0 Å². The predicted octanol–water partition coefficient (Wildman–Crippen LogP) is 1.00. The van der Waals surface area contributed by atoms with Gasteiger partial charge in [0.25, 0.3) is 5.91 Å². The van der Waals surface area contributed by atoms with Crippen LogP contribution < -0.4 is 21.7 Å². The number of nitrogens with zero attached hydrogens (tertiary/aromatic N) is 3. The molecule has 0 fully saturated rings. The number of nitrogens with one attached hydrogen (secondary N) is 1. The summed E-state index contributed by atoms with van der Waals surface area (Å²) in [5.41, 5.74) is 13.5. The van der Waals surface area contributed by atoms with Crippen LogP contribution in [0.15, 0.2) is 42.5 Å². The number of nitrogen functional groups attached to an aromatic ring is 2. The molecule has 0 saturated carbocycles. The van der Waals surface area contributed by atoms with Crippen molar-refractivity contribution in [2.45, 2.75) is 25.4 Å². The Hall–Kier alpha value is -4.74. The molecule has 0 aliphatic heterocycles. The number of hydrogen-bond donors (Lipinski definition) is 5. The summed E-state index contributed by atoms with van der Waals surface area (Å²) >= 11 is 0. The highest BCUT2D eigenvalue weighted by atomic mass is 16.4. The second-order valence-corrected chi connectivity index (χ2v) is 7.40. The van der Waals surface area contributed by atoms with Crippen molar-refractivity contribution >= 4 is 52.6 Å². The van der Waals surface area contributed by atoms with Crippen LogP contribution >= 0.6 is 0 Å². The normalized spacial score (nSPS) is 11.5. The van der Waals surface area contributed by atoms with Gasteiger partial charge in [-0.15, -0.1) is 0 Å². The largest absolute Gasteiger partial charge is 0.481 e. The van der Waals surface area contributed by atoms with Gasteiger partial charge in [0.1, 0.15) is 11.9 Å². The van der Waals surface area contributed by atoms with Gasteiger partial charge in [0.15, 0.2) is 0 Å². The Morgan fingerprint density at radius 1 is 1.06 bits per heavy atom. The van der Waals surface area contributed by atoms with Gasteiger partial charge in [0.05, 0.1) is 12.1 Å². The predicted molar refractivity (Wildman–Crippen MR) is 123 cm³/mol. The van der Waals surface area contributed by atoms with E-state index in [0.717, 1.165) is 0 Å². The first-order valence-corrected chi connectivity index (χ1v) is 10.1. The molecule has 0 aliphatic rings. The van der Waals surface area contributed by atoms with Crippen LogP contribution in [-0.2, 0) is 20.9 Å². The molecule has 176 valence electrons. The van der Waals surface area contributed by atoms with Crippen LogP contribution in [0.3, 0.4) is 0 Å². The van der Waals surface area contributed by atoms with E-state index in [2.05, 4.69) is 15.3 Å². The topological polar surface area (TPSA) is 202 Å². The Balaban J connectivity index is 1.72. The molecule has 3 rings (SSSR count). The van der Waals surface area contributed by atoms with Crippen molar-refractivity contribution in [2.24, 2.45) is 0 Å². The Morgan fingerprint density at radius 3 is 2.38 bits per heavy atom. The lowest BCUT2D eigenvalue weighted by molar-refractivity contribution is -0.140. The molecule has 34 heavy (non-hydrogen) atoms. The third-order valence-corrected chi connectivity index (χ3v) is 5.00. The first kappa shape index (κ1) is 23.9. The zero-order valence-electron chi connectivity index (χ0n) is 17.8. The van der Waals surface area contributed by atoms with Crippen LogP contribution in [0.4, 0.5) is 17.5 Å². The molecule has 2 aromatic carbocycles. The SMILES string of the molecule is Nc1nc(N)c2cc(N(C=O)Cc3ccc(C(=O)N[C@@H](CCC(=O)O)C(=O)O)cc3)ccc2n1. The number of anilines is 3. The second-order valence-electron chi connectivity index (χ2n) is 7.40. The Labute approximate surface area is 193 Å². The highest BCUT2D eigenvalue weighted by molar-refractivity contribution is 5.97. The van der Waals surface area contributed by atoms with E-state index in [-0.39, 0.29) is 30.3 Å². The van der Waals surface area contributed by atoms with E-state index in [4.69, 9.17) is 16.6 Å². The van der Waals surface area contributed by atoms with Crippen molar-refractivity contribution < 1.29 is 29.4 Å². The summed E-state index contributed by atoms with van der Waals surface area (Å²) in [5, 5.41) is 20.8. The maximum Gasteiger partial charge on any atom is 0.326 e. The third kappa shape index (κ3) is 5.73. The third-order valence-electron chi connectivity index (χ3n) is 5.00. The first-order valence-electron chi connectivity index (χ1n) is 10.1. The van der Waals surface area contributed by atoms with E-state index in [1.807, 2.05) is 0 Å². The summed E-state index contributed by atoms with van der Waals surface area (Å²) in [6.07, 6.45) is 0.0182. The van der Waals surface area contributed by atoms with Crippen LogP contribution in [0.1, 0.15) is 28.8 Å². The summed E-state index contributed by atoms with van der Waals surface area (Å²) in [6.45, 7) is 0.184. The molecule has 7 N–H and O–H groups in total. The minimum atomic E-state index is -1.33. The molecule has 2 amide bonds. The van der Waals surface area contributed by atoms with Crippen LogP contribution in [0.5, 0.6) is 0 Å². The number of aromatic nitrogens is 2. The summed E-state index contributed by atoms with van der Waals surface area (Å²) in [6, 6.07) is 9.92. The van der Waals surface area contributed by atoms with Crippen molar-refractivity contribution in [1.29, 1.82) is 0 Å². The lowest BCUT2D eigenvalue weighted by Gasteiger charge is -2.19. The van der Waals surface area contributed by atoms with E-state index in [9.17, 15) is 24.3 Å². The fourth-order valence-corrected chi connectivity index (χ4v) is 3.25. The molecular weight excluding hydrogens is 444 g/mol. The molecule has 12 nitrogen and oxygen atoms in total. The van der Waals surface area contributed by atoms with Crippen molar-refractivity contribution in [1.82, 2.24) is 15.3 Å². The fourth-order valence-electron chi connectivity index (χ4n) is 3.25. The molecule has 3 aromatic rings. The molecule has 0 unspecified atom stereocenters. The summed E-state index contributed by atoms with van der Waals surface area (Å²) in [4.78, 5) is 55.5. The summed E-state index contributed by atoms with van der Waals surface area (Å²) in [5.74, 6) is -2.90. The van der Waals surface area contributed by atoms with Gasteiger partial charge < -0.3 is 31.9 Å². The fraction of sp³-hybridized carbons (Fsp3) is 0.182. The average molecular weight is 466 g/mol. The van der Waals surface area contributed by atoms with Gasteiger partial charge in [-0.1, -0.05) is 12.1 Å². The maximum atomic E-state index is 12.4.